The highest BCUT2D eigenvalue weighted by Gasteiger charge is 2.54. The quantitative estimate of drug-likeness (QED) is 0.834. The smallest absolute Gasteiger partial charge is 0.373 e. The molecule has 0 fully saturated rings. The van der Waals surface area contributed by atoms with Gasteiger partial charge in [-0.2, -0.15) is 8.78 Å². The van der Waals surface area contributed by atoms with Crippen molar-refractivity contribution in [1.29, 1.82) is 0 Å². The molecule has 26 heavy (non-hydrogen) atoms. The number of sulfone groups is 1. The summed E-state index contributed by atoms with van der Waals surface area (Å²) in [4.78, 5) is 12.7. The van der Waals surface area contributed by atoms with Gasteiger partial charge in [-0.25, -0.2) is 8.42 Å². The van der Waals surface area contributed by atoms with E-state index in [2.05, 4.69) is 5.32 Å². The first-order valence-corrected chi connectivity index (χ1v) is 9.27. The summed E-state index contributed by atoms with van der Waals surface area (Å²) in [6.07, 6.45) is 0. The van der Waals surface area contributed by atoms with Crippen LogP contribution in [0, 0.1) is 0 Å². The van der Waals surface area contributed by atoms with E-state index in [1.165, 1.54) is 30.3 Å². The number of rotatable bonds is 6. The fourth-order valence-corrected chi connectivity index (χ4v) is 3.78. The largest absolute Gasteiger partial charge is 0.378 e. The van der Waals surface area contributed by atoms with Crippen molar-refractivity contribution in [3.8, 4) is 0 Å². The highest BCUT2D eigenvalue weighted by atomic mass is 32.2. The van der Waals surface area contributed by atoms with Crippen molar-refractivity contribution in [2.24, 2.45) is 0 Å². The minimum Gasteiger partial charge on any atom is -0.378 e. The molecule has 2 aromatic rings. The molecule has 8 heteroatoms. The monoisotopic (exact) mass is 382 g/mol. The molecule has 0 aliphatic carbocycles. The summed E-state index contributed by atoms with van der Waals surface area (Å²) < 4.78 is 55.1. The number of carbonyl (C=O) groups excluding carboxylic acids is 1. The van der Waals surface area contributed by atoms with Crippen LogP contribution in [-0.4, -0.2) is 33.7 Å². The minimum absolute atomic E-state index is 0.00435. The third-order valence-electron chi connectivity index (χ3n) is 3.84. The highest BCUT2D eigenvalue weighted by Crippen LogP contribution is 2.40. The van der Waals surface area contributed by atoms with Crippen LogP contribution in [0.5, 0.6) is 0 Å². The lowest BCUT2D eigenvalue weighted by molar-refractivity contribution is -0.121. The van der Waals surface area contributed by atoms with Gasteiger partial charge in [-0.15, -0.1) is 0 Å². The van der Waals surface area contributed by atoms with Gasteiger partial charge in [0.15, 0.2) is 0 Å². The molecule has 0 bridgehead atoms. The maximum absolute atomic E-state index is 15.0. The molecule has 1 amide bonds. The molecule has 1 unspecified atom stereocenters. The second-order valence-electron chi connectivity index (χ2n) is 6.00. The van der Waals surface area contributed by atoms with Crippen molar-refractivity contribution in [1.82, 2.24) is 5.32 Å². The second kappa shape index (κ2) is 7.41. The maximum Gasteiger partial charge on any atom is 0.373 e. The van der Waals surface area contributed by atoms with Crippen LogP contribution in [-0.2, 0) is 14.6 Å². The molecule has 2 rings (SSSR count). The standard InChI is InChI=1S/C18H20F2N2O3S/c1-13(23)21-17(14-9-11-15(12-10-14)22(2)3)18(19,20)26(24,25)16-7-5-4-6-8-16/h4-12,17H,1-3H3,(H,21,23). The molecule has 1 N–H and O–H groups in total. The van der Waals surface area contributed by atoms with E-state index in [1.54, 1.807) is 31.1 Å². The molecular weight excluding hydrogens is 362 g/mol. The fraction of sp³-hybridized carbons (Fsp3) is 0.278. The van der Waals surface area contributed by atoms with Crippen molar-refractivity contribution < 1.29 is 22.0 Å². The SMILES string of the molecule is CC(=O)NC(c1ccc(N(C)C)cc1)C(F)(F)S(=O)(=O)c1ccccc1. The predicted octanol–water partition coefficient (Wildman–Crippen LogP) is 3.00. The van der Waals surface area contributed by atoms with Crippen molar-refractivity contribution in [3.63, 3.8) is 0 Å². The van der Waals surface area contributed by atoms with Crippen molar-refractivity contribution in [3.05, 3.63) is 60.2 Å². The average molecular weight is 382 g/mol. The number of amides is 1. The molecule has 5 nitrogen and oxygen atoms in total. The van der Waals surface area contributed by atoms with Crippen LogP contribution < -0.4 is 10.2 Å². The number of alkyl halides is 2. The van der Waals surface area contributed by atoms with Gasteiger partial charge in [-0.1, -0.05) is 30.3 Å². The van der Waals surface area contributed by atoms with Crippen LogP contribution in [0.15, 0.2) is 59.5 Å². The number of benzene rings is 2. The molecule has 1 atom stereocenters. The predicted molar refractivity (Wildman–Crippen MR) is 95.9 cm³/mol. The summed E-state index contributed by atoms with van der Waals surface area (Å²) in [5, 5.41) is -2.16. The topological polar surface area (TPSA) is 66.5 Å². The van der Waals surface area contributed by atoms with Crippen LogP contribution >= 0.6 is 0 Å². The molecular formula is C18H20F2N2O3S. The first-order chi connectivity index (χ1) is 12.1. The Morgan fingerprint density at radius 3 is 2.04 bits per heavy atom. The zero-order valence-electron chi connectivity index (χ0n) is 14.6. The van der Waals surface area contributed by atoms with Gasteiger partial charge in [-0.3, -0.25) is 4.79 Å². The Morgan fingerprint density at radius 2 is 1.58 bits per heavy atom. The zero-order valence-corrected chi connectivity index (χ0v) is 15.4. The van der Waals surface area contributed by atoms with Crippen molar-refractivity contribution in [2.75, 3.05) is 19.0 Å². The number of nitrogens with one attached hydrogen (secondary N) is 1. The molecule has 0 aliphatic heterocycles. The average Bonchev–Trinajstić information content (AvgIpc) is 2.60. The van der Waals surface area contributed by atoms with Gasteiger partial charge in [0.1, 0.15) is 6.04 Å². The normalized spacial score (nSPS) is 13.1. The van der Waals surface area contributed by atoms with Gasteiger partial charge in [0.25, 0.3) is 0 Å². The van der Waals surface area contributed by atoms with E-state index in [4.69, 9.17) is 0 Å². The third-order valence-corrected chi connectivity index (χ3v) is 5.68. The minimum atomic E-state index is -5.02. The number of hydrogen-bond acceptors (Lipinski definition) is 4. The summed E-state index contributed by atoms with van der Waals surface area (Å²) >= 11 is 0. The van der Waals surface area contributed by atoms with Gasteiger partial charge < -0.3 is 10.2 Å². The van der Waals surface area contributed by atoms with Gasteiger partial charge in [0, 0.05) is 26.7 Å². The molecule has 0 heterocycles. The van der Waals surface area contributed by atoms with Crippen LogP contribution in [0.1, 0.15) is 18.5 Å². The van der Waals surface area contributed by atoms with Crippen LogP contribution in [0.25, 0.3) is 0 Å². The van der Waals surface area contributed by atoms with Crippen LogP contribution in [0.4, 0.5) is 14.5 Å². The van der Waals surface area contributed by atoms with E-state index in [-0.39, 0.29) is 5.56 Å². The van der Waals surface area contributed by atoms with Gasteiger partial charge in [0.2, 0.25) is 15.7 Å². The molecule has 0 aromatic heterocycles. The summed E-state index contributed by atoms with van der Waals surface area (Å²) in [5.74, 6) is -0.755. The zero-order chi connectivity index (χ0) is 19.5. The fourth-order valence-electron chi connectivity index (χ4n) is 2.44. The highest BCUT2D eigenvalue weighted by molar-refractivity contribution is 7.92. The molecule has 0 saturated heterocycles. The summed E-state index contributed by atoms with van der Waals surface area (Å²) in [5.41, 5.74) is 0.750. The third kappa shape index (κ3) is 3.85. The second-order valence-corrected chi connectivity index (χ2v) is 8.02. The number of halogens is 2. The molecule has 0 aliphatic rings. The summed E-state index contributed by atoms with van der Waals surface area (Å²) in [6.45, 7) is 1.06. The number of anilines is 1. The summed E-state index contributed by atoms with van der Waals surface area (Å²) in [7, 11) is -1.44. The van der Waals surface area contributed by atoms with Gasteiger partial charge >= 0.3 is 5.25 Å². The molecule has 2 aromatic carbocycles. The van der Waals surface area contributed by atoms with Gasteiger partial charge in [0.05, 0.1) is 4.90 Å². The lowest BCUT2D eigenvalue weighted by Gasteiger charge is -2.28. The lowest BCUT2D eigenvalue weighted by atomic mass is 10.1. The Balaban J connectivity index is 2.52. The maximum atomic E-state index is 15.0. The Kier molecular flexibility index (Phi) is 5.65. The molecule has 0 saturated carbocycles. The van der Waals surface area contributed by atoms with E-state index >= 15 is 8.78 Å². The van der Waals surface area contributed by atoms with E-state index in [0.29, 0.717) is 0 Å². The Bertz CT molecular complexity index is 867. The molecule has 0 radical (unpaired) electrons. The number of carbonyl (C=O) groups is 1. The molecule has 140 valence electrons. The Hall–Kier alpha value is -2.48. The first-order valence-electron chi connectivity index (χ1n) is 7.79. The van der Waals surface area contributed by atoms with E-state index < -0.39 is 31.9 Å². The van der Waals surface area contributed by atoms with Crippen LogP contribution in [0.2, 0.25) is 0 Å². The Morgan fingerprint density at radius 1 is 1.04 bits per heavy atom. The van der Waals surface area contributed by atoms with Crippen LogP contribution in [0.3, 0.4) is 0 Å². The summed E-state index contributed by atoms with van der Waals surface area (Å²) in [6, 6.07) is 10.4. The first kappa shape index (κ1) is 19.8. The van der Waals surface area contributed by atoms with E-state index in [1.807, 2.05) is 0 Å². The Labute approximate surface area is 151 Å². The number of nitrogens with zero attached hydrogens (tertiary/aromatic N) is 1. The van der Waals surface area contributed by atoms with Crippen molar-refractivity contribution >= 4 is 21.4 Å². The van der Waals surface area contributed by atoms with E-state index in [9.17, 15) is 13.2 Å². The van der Waals surface area contributed by atoms with Crippen molar-refractivity contribution in [2.45, 2.75) is 23.1 Å². The molecule has 0 spiro atoms. The van der Waals surface area contributed by atoms with E-state index in [0.717, 1.165) is 24.7 Å². The lowest BCUT2D eigenvalue weighted by Crippen LogP contribution is -2.44. The van der Waals surface area contributed by atoms with Gasteiger partial charge in [-0.05, 0) is 29.8 Å². The number of hydrogen-bond donors (Lipinski definition) is 1.